The summed E-state index contributed by atoms with van der Waals surface area (Å²) in [5.41, 5.74) is 0.0475. The Hall–Kier alpha value is -0.760. The summed E-state index contributed by atoms with van der Waals surface area (Å²) < 4.78 is 42.0. The topological polar surface area (TPSA) is 307 Å². The van der Waals surface area contributed by atoms with Gasteiger partial charge in [-0.1, -0.05) is 27.7 Å². The molecule has 0 unspecified atom stereocenters. The van der Waals surface area contributed by atoms with Crippen molar-refractivity contribution in [2.45, 2.75) is 202 Å². The fourth-order valence-corrected chi connectivity index (χ4v) is 14.2. The third-order valence-corrected chi connectivity index (χ3v) is 18.0. The molecule has 0 aromatic carbocycles. The van der Waals surface area contributed by atoms with E-state index in [1.54, 1.807) is 0 Å². The minimum absolute atomic E-state index is 0.00000712. The molecule has 4 aliphatic heterocycles. The Labute approximate surface area is 374 Å². The van der Waals surface area contributed by atoms with E-state index in [4.69, 9.17) is 33.2 Å². The maximum atomic E-state index is 12.1. The van der Waals surface area contributed by atoms with E-state index in [-0.39, 0.29) is 47.4 Å². The smallest absolute Gasteiger partial charge is 0.187 e. The van der Waals surface area contributed by atoms with Gasteiger partial charge in [0.05, 0.1) is 38.6 Å². The largest absolute Gasteiger partial charge is 0.394 e. The van der Waals surface area contributed by atoms with Crippen LogP contribution in [0.2, 0.25) is 0 Å². The number of hydrogen-bond acceptors (Lipinski definition) is 19. The van der Waals surface area contributed by atoms with Crippen LogP contribution in [-0.2, 0) is 33.2 Å². The summed E-state index contributed by atoms with van der Waals surface area (Å²) in [5, 5.41) is 125. The molecule has 27 atom stereocenters. The van der Waals surface area contributed by atoms with Gasteiger partial charge in [0.2, 0.25) is 0 Å². The van der Waals surface area contributed by atoms with Gasteiger partial charge in [0, 0.05) is 12.3 Å². The molecule has 4 saturated carbocycles. The van der Waals surface area contributed by atoms with Crippen LogP contribution in [0.25, 0.3) is 0 Å². The first-order valence-electron chi connectivity index (χ1n) is 23.9. The van der Waals surface area contributed by atoms with E-state index in [1.807, 2.05) is 6.92 Å². The number of aliphatic hydroxyl groups excluding tert-OH is 11. The molecule has 0 radical (unpaired) electrons. The van der Waals surface area contributed by atoms with Crippen LogP contribution in [0.3, 0.4) is 0 Å². The molecule has 8 rings (SSSR count). The van der Waals surface area contributed by atoms with Crippen molar-refractivity contribution < 1.29 is 94.4 Å². The molecular weight excluding hydrogens is 844 g/mol. The predicted molar refractivity (Wildman–Crippen MR) is 219 cm³/mol. The van der Waals surface area contributed by atoms with Gasteiger partial charge in [0.25, 0.3) is 0 Å². The van der Waals surface area contributed by atoms with Crippen LogP contribution >= 0.6 is 0 Å². The van der Waals surface area contributed by atoms with Crippen molar-refractivity contribution in [3.63, 3.8) is 0 Å². The lowest BCUT2D eigenvalue weighted by Gasteiger charge is -2.61. The third kappa shape index (κ3) is 8.65. The fraction of sp³-hybridized carbons (Fsp3) is 1.00. The first-order valence-corrected chi connectivity index (χ1v) is 23.9. The molecule has 0 bridgehead atoms. The highest BCUT2D eigenvalue weighted by atomic mass is 16.8. The van der Waals surface area contributed by atoms with Crippen LogP contribution in [0.4, 0.5) is 0 Å². The van der Waals surface area contributed by atoms with Crippen molar-refractivity contribution >= 4 is 0 Å². The van der Waals surface area contributed by atoms with E-state index in [0.29, 0.717) is 42.9 Å². The monoisotopic (exact) mass is 920 g/mol. The summed E-state index contributed by atoms with van der Waals surface area (Å²) in [7, 11) is 0. The van der Waals surface area contributed by atoms with E-state index in [2.05, 4.69) is 20.8 Å². The minimum atomic E-state index is -1.75. The molecule has 64 heavy (non-hydrogen) atoms. The van der Waals surface area contributed by atoms with Crippen molar-refractivity contribution in [3.8, 4) is 0 Å². The van der Waals surface area contributed by atoms with Gasteiger partial charge >= 0.3 is 0 Å². The zero-order chi connectivity index (χ0) is 46.2. The first kappa shape index (κ1) is 49.7. The molecule has 12 N–H and O–H groups in total. The summed E-state index contributed by atoms with van der Waals surface area (Å²) in [6, 6.07) is 0. The SMILES string of the molecule is C[C@@H](CC[C@]1(O)O[C@H]2C[C@H]3[C@@H]4CC[C@@H]5C[C@@H](O[C@@H]6O[C@H](CO)[C@H](O)[C@H](O)[C@H]6O[C@@H]6O[C@H](CO)[C@H](O)[C@H](O)[C@H]6O)CC[C@]5(C)[C@H]4CC[C@]3(C)[C@H]2[C@@H]1C)CO[C@@H]1O[C@H](CO)[C@@H](O)[C@H](O)[C@H]1O. The molecule has 0 aromatic heterocycles. The standard InChI is InChI=1S/C45H76O19/c1-19(18-58-40-37(55)34(52)31(49)27(15-46)60-40)7-12-45(57)20(2)30-26(64-45)14-25-23-6-5-21-13-22(8-10-43(21,3)24(23)9-11-44(25,30)4)59-42-39(36(54)33(51)29(17-48)62-42)63-41-38(56)35(53)32(50)28(16-47)61-41/h19-42,46-57H,5-18H2,1-4H3/t19-,20-,21+,22-,23+,24-,25-,26-,27+,28+,29+,30-,31+,32-,33-,34-,35-,36-,37+,38+,39+,40+,41-,42+,43-,44-,45-/m0/s1. The number of rotatable bonds is 13. The average Bonchev–Trinajstić information content (AvgIpc) is 3.71. The third-order valence-electron chi connectivity index (χ3n) is 18.0. The summed E-state index contributed by atoms with van der Waals surface area (Å²) in [5.74, 6) is 0.532. The van der Waals surface area contributed by atoms with Gasteiger partial charge in [-0.15, -0.1) is 0 Å². The van der Waals surface area contributed by atoms with Crippen molar-refractivity contribution in [1.29, 1.82) is 0 Å². The van der Waals surface area contributed by atoms with Crippen LogP contribution in [0.5, 0.6) is 0 Å². The molecule has 4 saturated heterocycles. The maximum Gasteiger partial charge on any atom is 0.187 e. The Morgan fingerprint density at radius 2 is 1.20 bits per heavy atom. The second kappa shape index (κ2) is 19.2. The average molecular weight is 921 g/mol. The highest BCUT2D eigenvalue weighted by Crippen LogP contribution is 2.71. The molecule has 19 nitrogen and oxygen atoms in total. The van der Waals surface area contributed by atoms with Gasteiger partial charge in [0.1, 0.15) is 73.2 Å². The van der Waals surface area contributed by atoms with Gasteiger partial charge in [-0.05, 0) is 104 Å². The molecule has 8 aliphatic rings. The van der Waals surface area contributed by atoms with E-state index >= 15 is 0 Å². The van der Waals surface area contributed by atoms with Crippen LogP contribution in [0.1, 0.15) is 91.9 Å². The van der Waals surface area contributed by atoms with Crippen LogP contribution < -0.4 is 0 Å². The van der Waals surface area contributed by atoms with Gasteiger partial charge in [-0.3, -0.25) is 0 Å². The molecule has 4 aliphatic carbocycles. The maximum absolute atomic E-state index is 12.1. The Morgan fingerprint density at radius 3 is 1.84 bits per heavy atom. The second-order valence-corrected chi connectivity index (χ2v) is 21.5. The molecule has 8 fully saturated rings. The lowest BCUT2D eigenvalue weighted by molar-refractivity contribution is -0.373. The van der Waals surface area contributed by atoms with Crippen molar-refractivity contribution in [2.75, 3.05) is 26.4 Å². The zero-order valence-electron chi connectivity index (χ0n) is 37.5. The van der Waals surface area contributed by atoms with Crippen molar-refractivity contribution in [3.05, 3.63) is 0 Å². The lowest BCUT2D eigenvalue weighted by Crippen LogP contribution is -2.65. The highest BCUT2D eigenvalue weighted by molar-refractivity contribution is 5.15. The highest BCUT2D eigenvalue weighted by Gasteiger charge is 2.68. The summed E-state index contributed by atoms with van der Waals surface area (Å²) in [6.07, 6.45) is -13.7. The Morgan fingerprint density at radius 1 is 0.625 bits per heavy atom. The van der Waals surface area contributed by atoms with Crippen LogP contribution in [-0.4, -0.2) is 198 Å². The normalized spacial score (nSPS) is 55.6. The van der Waals surface area contributed by atoms with E-state index in [1.165, 1.54) is 0 Å². The summed E-state index contributed by atoms with van der Waals surface area (Å²) in [4.78, 5) is 0. The molecule has 0 amide bonds. The zero-order valence-corrected chi connectivity index (χ0v) is 37.5. The quantitative estimate of drug-likeness (QED) is 0.0909. The van der Waals surface area contributed by atoms with Crippen LogP contribution in [0.15, 0.2) is 0 Å². The van der Waals surface area contributed by atoms with Crippen molar-refractivity contribution in [2.24, 2.45) is 52.3 Å². The Balaban J connectivity index is 0.869. The molecule has 4 heterocycles. The van der Waals surface area contributed by atoms with Crippen molar-refractivity contribution in [1.82, 2.24) is 0 Å². The van der Waals surface area contributed by atoms with E-state index in [0.717, 1.165) is 44.9 Å². The Bertz CT molecular complexity index is 1560. The summed E-state index contributed by atoms with van der Waals surface area (Å²) in [6.45, 7) is 7.28. The first-order chi connectivity index (χ1) is 30.3. The number of fused-ring (bicyclic) bond motifs is 7. The minimum Gasteiger partial charge on any atom is -0.394 e. The van der Waals surface area contributed by atoms with Crippen LogP contribution in [0, 0.1) is 52.3 Å². The van der Waals surface area contributed by atoms with E-state index < -0.39 is 118 Å². The number of ether oxygens (including phenoxy) is 7. The lowest BCUT2D eigenvalue weighted by atomic mass is 9.44. The van der Waals surface area contributed by atoms with Gasteiger partial charge in [0.15, 0.2) is 24.7 Å². The van der Waals surface area contributed by atoms with Gasteiger partial charge in [-0.2, -0.15) is 0 Å². The molecule has 19 heteroatoms. The Kier molecular flexibility index (Phi) is 14.9. The number of hydrogen-bond donors (Lipinski definition) is 12. The molecule has 0 aromatic rings. The fourth-order valence-electron chi connectivity index (χ4n) is 14.2. The molecular formula is C45H76O19. The van der Waals surface area contributed by atoms with E-state index in [9.17, 15) is 61.3 Å². The predicted octanol–water partition coefficient (Wildman–Crippen LogP) is -1.78. The molecule has 370 valence electrons. The van der Waals surface area contributed by atoms with Gasteiger partial charge < -0.3 is 94.4 Å². The second-order valence-electron chi connectivity index (χ2n) is 21.5. The molecule has 0 spiro atoms. The van der Waals surface area contributed by atoms with Gasteiger partial charge in [-0.25, -0.2) is 0 Å². The number of aliphatic hydroxyl groups is 12. The summed E-state index contributed by atoms with van der Waals surface area (Å²) >= 11 is 0.